The van der Waals surface area contributed by atoms with E-state index in [0.29, 0.717) is 17.8 Å². The quantitative estimate of drug-likeness (QED) is 0.307. The van der Waals surface area contributed by atoms with Gasteiger partial charge in [-0.15, -0.1) is 0 Å². The Morgan fingerprint density at radius 1 is 1.04 bits per heavy atom. The lowest BCUT2D eigenvalue weighted by Crippen LogP contribution is -2.40. The summed E-state index contributed by atoms with van der Waals surface area (Å²) in [6, 6.07) is 0. The van der Waals surface area contributed by atoms with Gasteiger partial charge in [0.2, 0.25) is 0 Å². The molecule has 2 aliphatic heterocycles. The lowest BCUT2D eigenvalue weighted by atomic mass is 10.0. The molecule has 2 heterocycles. The number of hydrogen-bond donors (Lipinski definition) is 5. The van der Waals surface area contributed by atoms with Crippen LogP contribution in [0.5, 0.6) is 0 Å². The maximum atomic E-state index is 12.6. The van der Waals surface area contributed by atoms with Gasteiger partial charge < -0.3 is 40.8 Å². The summed E-state index contributed by atoms with van der Waals surface area (Å²) in [7, 11) is 0. The number of rotatable bonds is 9. The minimum absolute atomic E-state index is 0.0144. The molecule has 166 valence electrons. The molecular formula is C16H33N2O8PS. The van der Waals surface area contributed by atoms with Crippen molar-refractivity contribution in [3.05, 3.63) is 0 Å². The van der Waals surface area contributed by atoms with Crippen LogP contribution in [0.4, 0.5) is 0 Å². The standard InChI is InChI=1S/C16H33N2O8PS/c1-7(2)5-9-14(12(20)16(18)24-9)26-27(21,22)28-6-10-13(23-8(3)4)11(19)15(17)25-10/h7-16,19-20H,5-6,17-18H2,1-4H3,(H,21,22)/t9-,10-,11?,12?,13?,14?,15-,16-/m1/s1. The van der Waals surface area contributed by atoms with E-state index in [9.17, 15) is 19.7 Å². The highest BCUT2D eigenvalue weighted by molar-refractivity contribution is 8.54. The van der Waals surface area contributed by atoms with Crippen LogP contribution in [0.2, 0.25) is 0 Å². The zero-order valence-electron chi connectivity index (χ0n) is 16.6. The second-order valence-corrected chi connectivity index (χ2v) is 11.8. The smallest absolute Gasteiger partial charge is 0.386 e. The SMILES string of the molecule is CC(C)C[C@H]1O[C@@H](N)C(O)C1OP(=O)(O)SC[C@H]1O[C@@H](N)C(O)C1OC(C)C. The van der Waals surface area contributed by atoms with Gasteiger partial charge in [0.25, 0.3) is 0 Å². The van der Waals surface area contributed by atoms with Gasteiger partial charge in [-0.05, 0) is 37.6 Å². The second-order valence-electron chi connectivity index (χ2n) is 7.87. The van der Waals surface area contributed by atoms with Gasteiger partial charge in [-0.1, -0.05) is 13.8 Å². The third-order valence-electron chi connectivity index (χ3n) is 4.53. The average molecular weight is 444 g/mol. The minimum atomic E-state index is -4.18. The Bertz CT molecular complexity index is 555. The molecule has 0 spiro atoms. The Morgan fingerprint density at radius 3 is 2.11 bits per heavy atom. The molecule has 5 unspecified atom stereocenters. The Balaban J connectivity index is 1.98. The molecule has 2 aliphatic rings. The van der Waals surface area contributed by atoms with E-state index >= 15 is 0 Å². The molecule has 0 bridgehead atoms. The van der Waals surface area contributed by atoms with Crippen LogP contribution in [0.1, 0.15) is 34.1 Å². The molecular weight excluding hydrogens is 411 g/mol. The van der Waals surface area contributed by atoms with E-state index in [-0.39, 0.29) is 17.8 Å². The van der Waals surface area contributed by atoms with Crippen molar-refractivity contribution in [1.82, 2.24) is 0 Å². The van der Waals surface area contributed by atoms with Crippen molar-refractivity contribution in [1.29, 1.82) is 0 Å². The largest absolute Gasteiger partial charge is 0.387 e. The van der Waals surface area contributed by atoms with Crippen molar-refractivity contribution in [3.8, 4) is 0 Å². The second kappa shape index (κ2) is 10.0. The number of aliphatic hydroxyl groups is 2. The van der Waals surface area contributed by atoms with Crippen LogP contribution < -0.4 is 11.5 Å². The van der Waals surface area contributed by atoms with Crippen LogP contribution in [-0.2, 0) is 23.3 Å². The monoisotopic (exact) mass is 444 g/mol. The molecule has 0 aliphatic carbocycles. The van der Waals surface area contributed by atoms with Crippen LogP contribution in [0.15, 0.2) is 0 Å². The maximum absolute atomic E-state index is 12.6. The van der Waals surface area contributed by atoms with Crippen molar-refractivity contribution >= 4 is 18.2 Å². The fourth-order valence-corrected chi connectivity index (χ4v) is 6.01. The highest BCUT2D eigenvalue weighted by atomic mass is 32.7. The van der Waals surface area contributed by atoms with Crippen molar-refractivity contribution < 1.29 is 38.4 Å². The van der Waals surface area contributed by atoms with Crippen LogP contribution in [0.25, 0.3) is 0 Å². The normalized spacial score (nSPS) is 41.1. The summed E-state index contributed by atoms with van der Waals surface area (Å²) in [6.45, 7) is 3.36. The van der Waals surface area contributed by atoms with Crippen LogP contribution in [-0.4, -0.2) is 76.0 Å². The first-order valence-corrected chi connectivity index (χ1v) is 12.6. The fraction of sp³-hybridized carbons (Fsp3) is 1.00. The molecule has 10 nitrogen and oxygen atoms in total. The van der Waals surface area contributed by atoms with Crippen molar-refractivity contribution in [2.24, 2.45) is 17.4 Å². The summed E-state index contributed by atoms with van der Waals surface area (Å²) in [4.78, 5) is 10.3. The number of nitrogens with two attached hydrogens (primary N) is 2. The summed E-state index contributed by atoms with van der Waals surface area (Å²) in [5.41, 5.74) is 11.4. The molecule has 0 amide bonds. The summed E-state index contributed by atoms with van der Waals surface area (Å²) >= 11 is 0.632. The zero-order chi connectivity index (χ0) is 21.2. The molecule has 2 saturated heterocycles. The van der Waals surface area contributed by atoms with Gasteiger partial charge in [0.1, 0.15) is 36.9 Å². The number of hydrogen-bond acceptors (Lipinski definition) is 10. The zero-order valence-corrected chi connectivity index (χ0v) is 18.3. The van der Waals surface area contributed by atoms with Gasteiger partial charge in [-0.2, -0.15) is 0 Å². The molecule has 0 aromatic carbocycles. The molecule has 12 heteroatoms. The highest BCUT2D eigenvalue weighted by Gasteiger charge is 2.48. The van der Waals surface area contributed by atoms with Gasteiger partial charge in [0.15, 0.2) is 0 Å². The van der Waals surface area contributed by atoms with Crippen LogP contribution >= 0.6 is 18.2 Å². The van der Waals surface area contributed by atoms with E-state index in [1.165, 1.54) is 0 Å². The van der Waals surface area contributed by atoms with Crippen LogP contribution in [0, 0.1) is 5.92 Å². The molecule has 0 saturated carbocycles. The average Bonchev–Trinajstić information content (AvgIpc) is 2.97. The summed E-state index contributed by atoms with van der Waals surface area (Å²) in [5.74, 6) is 0.240. The van der Waals surface area contributed by atoms with E-state index < -0.39 is 55.9 Å². The van der Waals surface area contributed by atoms with E-state index in [0.717, 1.165) is 0 Å². The van der Waals surface area contributed by atoms with Crippen molar-refractivity contribution in [2.75, 3.05) is 5.75 Å². The first-order valence-electron chi connectivity index (χ1n) is 9.40. The van der Waals surface area contributed by atoms with Gasteiger partial charge in [0.05, 0.1) is 18.3 Å². The topological polar surface area (TPSA) is 167 Å². The molecule has 0 radical (unpaired) electrons. The predicted octanol–water partition coefficient (Wildman–Crippen LogP) is 0.134. The maximum Gasteiger partial charge on any atom is 0.387 e. The van der Waals surface area contributed by atoms with Crippen LogP contribution in [0.3, 0.4) is 0 Å². The fourth-order valence-electron chi connectivity index (χ4n) is 3.29. The van der Waals surface area contributed by atoms with Crippen molar-refractivity contribution in [2.45, 2.75) is 89.3 Å². The van der Waals surface area contributed by atoms with E-state index in [1.807, 2.05) is 13.8 Å². The summed E-state index contributed by atoms with van der Waals surface area (Å²) < 4.78 is 34.5. The first kappa shape index (κ1) is 24.5. The lowest BCUT2D eigenvalue weighted by Gasteiger charge is -2.26. The molecule has 28 heavy (non-hydrogen) atoms. The van der Waals surface area contributed by atoms with Crippen molar-refractivity contribution in [3.63, 3.8) is 0 Å². The van der Waals surface area contributed by atoms with E-state index in [2.05, 4.69) is 0 Å². The Kier molecular flexibility index (Phi) is 8.76. The first-order chi connectivity index (χ1) is 12.9. The molecule has 0 aromatic heterocycles. The lowest BCUT2D eigenvalue weighted by molar-refractivity contribution is -0.0603. The molecule has 9 atom stereocenters. The molecule has 2 fully saturated rings. The third-order valence-corrected chi connectivity index (χ3v) is 7.53. The summed E-state index contributed by atoms with van der Waals surface area (Å²) in [5, 5.41) is 20.3. The molecule has 2 rings (SSSR count). The highest BCUT2D eigenvalue weighted by Crippen LogP contribution is 2.58. The van der Waals surface area contributed by atoms with Gasteiger partial charge in [0, 0.05) is 5.75 Å². The van der Waals surface area contributed by atoms with E-state index in [1.54, 1.807) is 13.8 Å². The predicted molar refractivity (Wildman–Crippen MR) is 104 cm³/mol. The third kappa shape index (κ3) is 6.36. The van der Waals surface area contributed by atoms with Gasteiger partial charge >= 0.3 is 6.80 Å². The summed E-state index contributed by atoms with van der Waals surface area (Å²) in [6.07, 6.45) is -6.81. The molecule has 0 aromatic rings. The Morgan fingerprint density at radius 2 is 1.57 bits per heavy atom. The minimum Gasteiger partial charge on any atom is -0.386 e. The Hall–Kier alpha value is 0.220. The number of ether oxygens (including phenoxy) is 3. The van der Waals surface area contributed by atoms with E-state index in [4.69, 9.17) is 30.2 Å². The number of aliphatic hydroxyl groups excluding tert-OH is 2. The van der Waals surface area contributed by atoms with Gasteiger partial charge in [-0.3, -0.25) is 4.52 Å². The Labute approximate surface area is 169 Å². The molecule has 7 N–H and O–H groups in total. The van der Waals surface area contributed by atoms with Gasteiger partial charge in [-0.25, -0.2) is 4.57 Å².